The van der Waals surface area contributed by atoms with Crippen LogP contribution < -0.4 is 17.0 Å². The van der Waals surface area contributed by atoms with E-state index in [4.69, 9.17) is 11.6 Å². The van der Waals surface area contributed by atoms with Crippen LogP contribution in [0.1, 0.15) is 0 Å². The summed E-state index contributed by atoms with van der Waals surface area (Å²) < 4.78 is 0.919. The first-order valence-electron chi connectivity index (χ1n) is 3.80. The molecule has 6 heteroatoms. The van der Waals surface area contributed by atoms with Gasteiger partial charge in [0.2, 0.25) is 5.91 Å². The number of hydrogen-bond donors (Lipinski definition) is 3. The third kappa shape index (κ3) is 3.21. The third-order valence-corrected chi connectivity index (χ3v) is 3.07. The summed E-state index contributed by atoms with van der Waals surface area (Å²) in [7, 11) is 0. The Balaban J connectivity index is 2.63. The van der Waals surface area contributed by atoms with E-state index in [1.165, 1.54) is 11.8 Å². The zero-order chi connectivity index (χ0) is 10.6. The number of carbonyl (C=O) groups is 1. The Hall–Kier alpha value is -0.720. The first kappa shape index (κ1) is 11.4. The summed E-state index contributed by atoms with van der Waals surface area (Å²) in [5.74, 6) is 4.99. The van der Waals surface area contributed by atoms with E-state index in [2.05, 4.69) is 21.4 Å². The number of nitrogens with one attached hydrogen (secondary N) is 1. The SMILES string of the molecule is NNC(=O)CSc1ccc(Br)cc1N. The highest BCUT2D eigenvalue weighted by atomic mass is 79.9. The Morgan fingerprint density at radius 1 is 1.57 bits per heavy atom. The summed E-state index contributed by atoms with van der Waals surface area (Å²) in [5.41, 5.74) is 8.44. The van der Waals surface area contributed by atoms with E-state index in [1.807, 2.05) is 12.1 Å². The molecule has 76 valence electrons. The molecule has 0 unspecified atom stereocenters. The zero-order valence-electron chi connectivity index (χ0n) is 7.29. The minimum Gasteiger partial charge on any atom is -0.398 e. The van der Waals surface area contributed by atoms with Crippen LogP contribution in [0.2, 0.25) is 0 Å². The van der Waals surface area contributed by atoms with Crippen LogP contribution in [-0.2, 0) is 4.79 Å². The van der Waals surface area contributed by atoms with Gasteiger partial charge in [0, 0.05) is 15.1 Å². The van der Waals surface area contributed by atoms with Crippen LogP contribution in [-0.4, -0.2) is 11.7 Å². The van der Waals surface area contributed by atoms with E-state index in [9.17, 15) is 4.79 Å². The summed E-state index contributed by atoms with van der Waals surface area (Å²) in [5, 5.41) is 0. The van der Waals surface area contributed by atoms with Gasteiger partial charge in [0.15, 0.2) is 0 Å². The molecular weight excluding hydrogens is 266 g/mol. The molecule has 1 aromatic carbocycles. The minimum absolute atomic E-state index is 0.225. The standard InChI is InChI=1S/C8H10BrN3OS/c9-5-1-2-7(6(10)3-5)14-4-8(13)12-11/h1-3H,4,10-11H2,(H,12,13). The number of hydrogen-bond acceptors (Lipinski definition) is 4. The number of thioether (sulfide) groups is 1. The molecule has 1 rings (SSSR count). The summed E-state index contributed by atoms with van der Waals surface area (Å²) >= 11 is 4.65. The van der Waals surface area contributed by atoms with Crippen LogP contribution in [0.3, 0.4) is 0 Å². The summed E-state index contributed by atoms with van der Waals surface area (Å²) in [6.45, 7) is 0. The van der Waals surface area contributed by atoms with Gasteiger partial charge in [0.1, 0.15) is 0 Å². The van der Waals surface area contributed by atoms with Gasteiger partial charge in [-0.1, -0.05) is 15.9 Å². The molecule has 0 atom stereocenters. The van der Waals surface area contributed by atoms with Gasteiger partial charge in [-0.15, -0.1) is 11.8 Å². The Morgan fingerprint density at radius 3 is 2.86 bits per heavy atom. The maximum absolute atomic E-state index is 10.9. The van der Waals surface area contributed by atoms with Crippen molar-refractivity contribution in [2.75, 3.05) is 11.5 Å². The van der Waals surface area contributed by atoms with Crippen LogP contribution in [0.25, 0.3) is 0 Å². The first-order chi connectivity index (χ1) is 6.63. The van der Waals surface area contributed by atoms with Gasteiger partial charge >= 0.3 is 0 Å². The number of amides is 1. The van der Waals surface area contributed by atoms with Gasteiger partial charge in [0.05, 0.1) is 5.75 Å². The third-order valence-electron chi connectivity index (χ3n) is 1.49. The van der Waals surface area contributed by atoms with E-state index < -0.39 is 0 Å². The van der Waals surface area contributed by atoms with E-state index in [0.29, 0.717) is 5.69 Å². The Labute approximate surface area is 94.5 Å². The van der Waals surface area contributed by atoms with E-state index in [0.717, 1.165) is 9.37 Å². The smallest absolute Gasteiger partial charge is 0.244 e. The molecule has 0 bridgehead atoms. The lowest BCUT2D eigenvalue weighted by Crippen LogP contribution is -2.31. The fourth-order valence-electron chi connectivity index (χ4n) is 0.836. The molecule has 0 spiro atoms. The maximum Gasteiger partial charge on any atom is 0.244 e. The molecule has 0 aromatic heterocycles. The van der Waals surface area contributed by atoms with Crippen molar-refractivity contribution >= 4 is 39.3 Å². The molecule has 0 radical (unpaired) electrons. The summed E-state index contributed by atoms with van der Waals surface area (Å²) in [4.78, 5) is 11.7. The number of halogens is 1. The van der Waals surface area contributed by atoms with Gasteiger partial charge in [-0.2, -0.15) is 0 Å². The number of benzene rings is 1. The summed E-state index contributed by atoms with van der Waals surface area (Å²) in [6, 6.07) is 5.52. The number of rotatable bonds is 3. The van der Waals surface area contributed by atoms with Crippen molar-refractivity contribution in [3.05, 3.63) is 22.7 Å². The largest absolute Gasteiger partial charge is 0.398 e. The first-order valence-corrected chi connectivity index (χ1v) is 5.58. The fourth-order valence-corrected chi connectivity index (χ4v) is 1.97. The number of anilines is 1. The average molecular weight is 276 g/mol. The number of hydrazine groups is 1. The molecule has 0 aliphatic carbocycles. The Bertz CT molecular complexity index is 345. The van der Waals surface area contributed by atoms with Crippen molar-refractivity contribution in [1.82, 2.24) is 5.43 Å². The monoisotopic (exact) mass is 275 g/mol. The molecular formula is C8H10BrN3OS. The number of nitrogens with two attached hydrogens (primary N) is 2. The average Bonchev–Trinajstić information content (AvgIpc) is 2.16. The molecule has 0 aliphatic rings. The van der Waals surface area contributed by atoms with Crippen molar-refractivity contribution in [3.63, 3.8) is 0 Å². The molecule has 14 heavy (non-hydrogen) atoms. The maximum atomic E-state index is 10.9. The second kappa shape index (κ2) is 5.23. The van der Waals surface area contributed by atoms with Gasteiger partial charge in [-0.3, -0.25) is 10.2 Å². The molecule has 1 amide bonds. The van der Waals surface area contributed by atoms with Gasteiger partial charge in [0.25, 0.3) is 0 Å². The van der Waals surface area contributed by atoms with Crippen molar-refractivity contribution in [1.29, 1.82) is 0 Å². The van der Waals surface area contributed by atoms with Gasteiger partial charge < -0.3 is 5.73 Å². The van der Waals surface area contributed by atoms with Crippen LogP contribution in [0.15, 0.2) is 27.6 Å². The molecule has 0 saturated carbocycles. The predicted octanol–water partition coefficient (Wildman–Crippen LogP) is 1.11. The predicted molar refractivity (Wildman–Crippen MR) is 61.6 cm³/mol. The highest BCUT2D eigenvalue weighted by Gasteiger charge is 2.03. The van der Waals surface area contributed by atoms with E-state index >= 15 is 0 Å². The van der Waals surface area contributed by atoms with E-state index in [-0.39, 0.29) is 11.7 Å². The Kier molecular flexibility index (Phi) is 4.24. The van der Waals surface area contributed by atoms with Gasteiger partial charge in [-0.05, 0) is 18.2 Å². The second-order valence-electron chi connectivity index (χ2n) is 2.54. The van der Waals surface area contributed by atoms with Crippen LogP contribution in [0.4, 0.5) is 5.69 Å². The van der Waals surface area contributed by atoms with Crippen molar-refractivity contribution in [2.45, 2.75) is 4.90 Å². The lowest BCUT2D eigenvalue weighted by atomic mass is 10.3. The lowest BCUT2D eigenvalue weighted by Gasteiger charge is -2.04. The topological polar surface area (TPSA) is 81.1 Å². The number of nitrogen functional groups attached to an aromatic ring is 1. The molecule has 0 heterocycles. The quantitative estimate of drug-likeness (QED) is 0.254. The second-order valence-corrected chi connectivity index (χ2v) is 4.47. The molecule has 1 aromatic rings. The van der Waals surface area contributed by atoms with Crippen LogP contribution >= 0.6 is 27.7 Å². The van der Waals surface area contributed by atoms with Crippen molar-refractivity contribution < 1.29 is 4.79 Å². The summed E-state index contributed by atoms with van der Waals surface area (Å²) in [6.07, 6.45) is 0. The number of carbonyl (C=O) groups excluding carboxylic acids is 1. The molecule has 0 aliphatic heterocycles. The van der Waals surface area contributed by atoms with Crippen molar-refractivity contribution in [3.8, 4) is 0 Å². The molecule has 5 N–H and O–H groups in total. The molecule has 0 fully saturated rings. The van der Waals surface area contributed by atoms with Gasteiger partial charge in [-0.25, -0.2) is 5.84 Å². The van der Waals surface area contributed by atoms with Crippen molar-refractivity contribution in [2.24, 2.45) is 5.84 Å². The van der Waals surface area contributed by atoms with Crippen LogP contribution in [0.5, 0.6) is 0 Å². The molecule has 0 saturated heterocycles. The zero-order valence-corrected chi connectivity index (χ0v) is 9.69. The Morgan fingerprint density at radius 2 is 2.29 bits per heavy atom. The normalized spacial score (nSPS) is 9.86. The molecule has 4 nitrogen and oxygen atoms in total. The fraction of sp³-hybridized carbons (Fsp3) is 0.125. The minimum atomic E-state index is -0.225. The van der Waals surface area contributed by atoms with E-state index in [1.54, 1.807) is 6.07 Å². The highest BCUT2D eigenvalue weighted by Crippen LogP contribution is 2.27. The van der Waals surface area contributed by atoms with Crippen LogP contribution in [0, 0.1) is 0 Å². The highest BCUT2D eigenvalue weighted by molar-refractivity contribution is 9.10. The lowest BCUT2D eigenvalue weighted by molar-refractivity contribution is -0.118.